The Labute approximate surface area is 61.6 Å². The van der Waals surface area contributed by atoms with Crippen molar-refractivity contribution >= 4 is 0 Å². The molecule has 60 valence electrons. The Bertz CT molecular complexity index is 269. The summed E-state index contributed by atoms with van der Waals surface area (Å²) in [5.74, 6) is -2.76. The number of hydrogen-bond acceptors (Lipinski definition) is 2. The van der Waals surface area contributed by atoms with E-state index in [1.165, 1.54) is 12.3 Å². The van der Waals surface area contributed by atoms with E-state index < -0.39 is 11.5 Å². The fourth-order valence-electron chi connectivity index (χ4n) is 1.10. The molecule has 1 aliphatic carbocycles. The van der Waals surface area contributed by atoms with Gasteiger partial charge in [0.1, 0.15) is 5.54 Å². The summed E-state index contributed by atoms with van der Waals surface area (Å²) >= 11 is 0. The zero-order valence-electron chi connectivity index (χ0n) is 5.64. The molecule has 1 aromatic heterocycles. The quantitative estimate of drug-likeness (QED) is 0.630. The highest BCUT2D eigenvalue weighted by Crippen LogP contribution is 2.56. The summed E-state index contributed by atoms with van der Waals surface area (Å²) in [6.45, 7) is 0. The molecule has 11 heavy (non-hydrogen) atoms. The lowest BCUT2D eigenvalue weighted by atomic mass is 10.2. The zero-order valence-corrected chi connectivity index (χ0v) is 5.64. The van der Waals surface area contributed by atoms with Crippen molar-refractivity contribution < 1.29 is 8.78 Å². The van der Waals surface area contributed by atoms with E-state index in [2.05, 4.69) is 10.2 Å². The van der Waals surface area contributed by atoms with Crippen LogP contribution in [0.3, 0.4) is 0 Å². The van der Waals surface area contributed by atoms with Crippen LogP contribution < -0.4 is 5.73 Å². The Morgan fingerprint density at radius 1 is 1.64 bits per heavy atom. The van der Waals surface area contributed by atoms with Gasteiger partial charge in [-0.3, -0.25) is 5.10 Å². The van der Waals surface area contributed by atoms with Crippen molar-refractivity contribution in [2.75, 3.05) is 0 Å². The van der Waals surface area contributed by atoms with Gasteiger partial charge in [-0.05, 0) is 6.07 Å². The summed E-state index contributed by atoms with van der Waals surface area (Å²) in [5, 5.41) is 6.00. The van der Waals surface area contributed by atoms with Gasteiger partial charge in [0, 0.05) is 12.6 Å². The molecular formula is C6H7F2N3. The van der Waals surface area contributed by atoms with Gasteiger partial charge in [0.25, 0.3) is 5.92 Å². The van der Waals surface area contributed by atoms with Crippen LogP contribution in [-0.2, 0) is 5.54 Å². The van der Waals surface area contributed by atoms with E-state index in [0.29, 0.717) is 5.69 Å². The number of H-pyrrole nitrogens is 1. The molecule has 1 aliphatic rings. The highest BCUT2D eigenvalue weighted by molar-refractivity contribution is 5.29. The van der Waals surface area contributed by atoms with Gasteiger partial charge in [0.05, 0.1) is 5.69 Å². The topological polar surface area (TPSA) is 54.7 Å². The van der Waals surface area contributed by atoms with E-state index in [0.717, 1.165) is 0 Å². The molecule has 3 nitrogen and oxygen atoms in total. The second-order valence-corrected chi connectivity index (χ2v) is 2.82. The molecule has 1 aromatic rings. The van der Waals surface area contributed by atoms with Gasteiger partial charge in [-0.15, -0.1) is 0 Å². The first kappa shape index (κ1) is 6.72. The molecule has 1 fully saturated rings. The largest absolute Gasteiger partial charge is 0.315 e. The molecular weight excluding hydrogens is 152 g/mol. The minimum atomic E-state index is -2.76. The molecule has 0 aromatic carbocycles. The molecule has 1 heterocycles. The van der Waals surface area contributed by atoms with Crippen molar-refractivity contribution in [1.82, 2.24) is 10.2 Å². The summed E-state index contributed by atoms with van der Waals surface area (Å²) in [6, 6.07) is 1.47. The third kappa shape index (κ3) is 0.712. The Kier molecular flexibility index (Phi) is 0.983. The van der Waals surface area contributed by atoms with Crippen LogP contribution in [0.1, 0.15) is 12.1 Å². The molecule has 0 spiro atoms. The predicted octanol–water partition coefficient (Wildman–Crippen LogP) is 0.603. The third-order valence-electron chi connectivity index (χ3n) is 2.01. The van der Waals surface area contributed by atoms with Crippen LogP contribution in [0.15, 0.2) is 12.3 Å². The molecule has 0 amide bonds. The molecule has 1 saturated carbocycles. The number of nitrogens with zero attached hydrogens (tertiary/aromatic N) is 1. The summed E-state index contributed by atoms with van der Waals surface area (Å²) in [7, 11) is 0. The van der Waals surface area contributed by atoms with Crippen LogP contribution in [0, 0.1) is 0 Å². The SMILES string of the molecule is NC1(c2ccn[nH]2)CC1(F)F. The van der Waals surface area contributed by atoms with Crippen molar-refractivity contribution in [2.24, 2.45) is 5.73 Å². The first-order valence-electron chi connectivity index (χ1n) is 3.23. The highest BCUT2D eigenvalue weighted by atomic mass is 19.3. The van der Waals surface area contributed by atoms with E-state index in [1.54, 1.807) is 0 Å². The zero-order chi connectivity index (χ0) is 8.11. The molecule has 2 rings (SSSR count). The van der Waals surface area contributed by atoms with E-state index in [9.17, 15) is 8.78 Å². The van der Waals surface area contributed by atoms with Gasteiger partial charge in [-0.1, -0.05) is 0 Å². The minimum Gasteiger partial charge on any atom is -0.315 e. The van der Waals surface area contributed by atoms with Gasteiger partial charge in [-0.2, -0.15) is 5.10 Å². The van der Waals surface area contributed by atoms with Crippen LogP contribution in [0.5, 0.6) is 0 Å². The van der Waals surface area contributed by atoms with Crippen molar-refractivity contribution in [3.63, 3.8) is 0 Å². The monoisotopic (exact) mass is 159 g/mol. The Morgan fingerprint density at radius 2 is 2.27 bits per heavy atom. The molecule has 0 radical (unpaired) electrons. The summed E-state index contributed by atoms with van der Waals surface area (Å²) in [5.41, 5.74) is 4.19. The standard InChI is InChI=1S/C6H7F2N3/c7-6(8)3-5(6,9)4-1-2-10-11-4/h1-2H,3,9H2,(H,10,11). The molecule has 5 heteroatoms. The van der Waals surface area contributed by atoms with Crippen molar-refractivity contribution in [1.29, 1.82) is 0 Å². The first-order valence-corrected chi connectivity index (χ1v) is 3.23. The number of nitrogens with one attached hydrogen (secondary N) is 1. The van der Waals surface area contributed by atoms with E-state index in [1.807, 2.05) is 0 Å². The van der Waals surface area contributed by atoms with E-state index in [4.69, 9.17) is 5.73 Å². The number of hydrogen-bond donors (Lipinski definition) is 2. The van der Waals surface area contributed by atoms with Crippen LogP contribution in [-0.4, -0.2) is 16.1 Å². The molecule has 3 N–H and O–H groups in total. The highest BCUT2D eigenvalue weighted by Gasteiger charge is 2.70. The molecule has 1 unspecified atom stereocenters. The smallest absolute Gasteiger partial charge is 0.273 e. The molecule has 0 bridgehead atoms. The Hall–Kier alpha value is -0.970. The van der Waals surface area contributed by atoms with Gasteiger partial charge in [0.2, 0.25) is 0 Å². The van der Waals surface area contributed by atoms with Gasteiger partial charge in [0.15, 0.2) is 0 Å². The maximum absolute atomic E-state index is 12.6. The second-order valence-electron chi connectivity index (χ2n) is 2.82. The van der Waals surface area contributed by atoms with Crippen LogP contribution in [0.2, 0.25) is 0 Å². The van der Waals surface area contributed by atoms with Crippen molar-refractivity contribution in [3.8, 4) is 0 Å². The summed E-state index contributed by atoms with van der Waals surface area (Å²) in [4.78, 5) is 0. The number of halogens is 2. The molecule has 0 aliphatic heterocycles. The average molecular weight is 159 g/mol. The lowest BCUT2D eigenvalue weighted by molar-refractivity contribution is 0.0881. The average Bonchev–Trinajstić information content (AvgIpc) is 2.36. The molecule has 0 saturated heterocycles. The fraction of sp³-hybridized carbons (Fsp3) is 0.500. The van der Waals surface area contributed by atoms with E-state index >= 15 is 0 Å². The summed E-state index contributed by atoms with van der Waals surface area (Å²) < 4.78 is 25.1. The number of nitrogens with two attached hydrogens (primary N) is 1. The second kappa shape index (κ2) is 1.61. The summed E-state index contributed by atoms with van der Waals surface area (Å²) in [6.07, 6.45) is 1.13. The fourth-order valence-corrected chi connectivity index (χ4v) is 1.10. The predicted molar refractivity (Wildman–Crippen MR) is 34.0 cm³/mol. The third-order valence-corrected chi connectivity index (χ3v) is 2.01. The minimum absolute atomic E-state index is 0.289. The van der Waals surface area contributed by atoms with Gasteiger partial charge < -0.3 is 5.73 Å². The van der Waals surface area contributed by atoms with Crippen LogP contribution in [0.4, 0.5) is 8.78 Å². The Morgan fingerprint density at radius 3 is 2.64 bits per heavy atom. The lowest BCUT2D eigenvalue weighted by Crippen LogP contribution is -2.27. The Balaban J connectivity index is 2.33. The number of aromatic amines is 1. The lowest BCUT2D eigenvalue weighted by Gasteiger charge is -2.05. The van der Waals surface area contributed by atoms with Gasteiger partial charge >= 0.3 is 0 Å². The first-order chi connectivity index (χ1) is 5.06. The number of aromatic nitrogens is 2. The maximum Gasteiger partial charge on any atom is 0.273 e. The van der Waals surface area contributed by atoms with Crippen LogP contribution >= 0.6 is 0 Å². The van der Waals surface area contributed by atoms with Crippen molar-refractivity contribution in [2.45, 2.75) is 17.9 Å². The van der Waals surface area contributed by atoms with Crippen molar-refractivity contribution in [3.05, 3.63) is 18.0 Å². The van der Waals surface area contributed by atoms with Crippen LogP contribution in [0.25, 0.3) is 0 Å². The maximum atomic E-state index is 12.6. The molecule has 1 atom stereocenters. The number of alkyl halides is 2. The van der Waals surface area contributed by atoms with Gasteiger partial charge in [-0.25, -0.2) is 8.78 Å². The number of rotatable bonds is 1. The van der Waals surface area contributed by atoms with E-state index in [-0.39, 0.29) is 6.42 Å². The normalized spacial score (nSPS) is 33.7.